The summed E-state index contributed by atoms with van der Waals surface area (Å²) in [7, 11) is 1.68. The number of nitrogens with zero attached hydrogens (tertiary/aromatic N) is 4. The van der Waals surface area contributed by atoms with Crippen LogP contribution in [0.5, 0.6) is 11.5 Å². The summed E-state index contributed by atoms with van der Waals surface area (Å²) in [6.45, 7) is 7.36. The lowest BCUT2D eigenvalue weighted by atomic mass is 10.1. The molecule has 0 spiro atoms. The first kappa shape index (κ1) is 24.9. The van der Waals surface area contributed by atoms with Crippen molar-refractivity contribution in [2.45, 2.75) is 26.3 Å². The van der Waals surface area contributed by atoms with Crippen LogP contribution in [0.3, 0.4) is 0 Å². The molecule has 8 nitrogen and oxygen atoms in total. The molecule has 0 radical (unpaired) electrons. The number of ether oxygens (including phenoxy) is 2. The Hall–Kier alpha value is -3.17. The van der Waals surface area contributed by atoms with Crippen LogP contribution in [0.25, 0.3) is 11.4 Å². The Morgan fingerprint density at radius 2 is 1.69 bits per heavy atom. The Morgan fingerprint density at radius 1 is 1.00 bits per heavy atom. The normalized spacial score (nSPS) is 14.2. The van der Waals surface area contributed by atoms with Gasteiger partial charge in [0.25, 0.3) is 0 Å². The standard InChI is InChI=1S/C26H33N5O3S/c1-3-34-23-10-6-21(7-11-23)25-27-28-26(35)31(25)15-13-24(32)30-18-16-29(17-19-30)14-12-20-4-8-22(33-2)9-5-20/h4-11H,3,12-19H2,1-2H3,(H,28,35). The van der Waals surface area contributed by atoms with Gasteiger partial charge in [0.15, 0.2) is 10.6 Å². The lowest BCUT2D eigenvalue weighted by Gasteiger charge is -2.34. The van der Waals surface area contributed by atoms with Crippen molar-refractivity contribution in [1.82, 2.24) is 24.6 Å². The first-order valence-corrected chi connectivity index (χ1v) is 12.5. The van der Waals surface area contributed by atoms with Crippen molar-refractivity contribution in [1.29, 1.82) is 0 Å². The highest BCUT2D eigenvalue weighted by Gasteiger charge is 2.21. The van der Waals surface area contributed by atoms with Crippen molar-refractivity contribution in [3.05, 3.63) is 58.9 Å². The van der Waals surface area contributed by atoms with E-state index < -0.39 is 0 Å². The number of piperazine rings is 1. The smallest absolute Gasteiger partial charge is 0.224 e. The molecule has 0 atom stereocenters. The van der Waals surface area contributed by atoms with Crippen molar-refractivity contribution in [3.63, 3.8) is 0 Å². The van der Waals surface area contributed by atoms with E-state index in [4.69, 9.17) is 21.7 Å². The number of benzene rings is 2. The fraction of sp³-hybridized carbons (Fsp3) is 0.423. The summed E-state index contributed by atoms with van der Waals surface area (Å²) in [5.74, 6) is 2.58. The quantitative estimate of drug-likeness (QED) is 0.432. The third kappa shape index (κ3) is 6.49. The number of carbonyl (C=O) groups excluding carboxylic acids is 1. The van der Waals surface area contributed by atoms with Crippen molar-refractivity contribution < 1.29 is 14.3 Å². The fourth-order valence-corrected chi connectivity index (χ4v) is 4.50. The maximum atomic E-state index is 12.9. The van der Waals surface area contributed by atoms with Crippen molar-refractivity contribution >= 4 is 18.1 Å². The molecule has 1 aliphatic rings. The molecule has 3 aromatic rings. The van der Waals surface area contributed by atoms with E-state index in [1.165, 1.54) is 5.56 Å². The molecule has 1 saturated heterocycles. The average Bonchev–Trinajstić information content (AvgIpc) is 3.27. The summed E-state index contributed by atoms with van der Waals surface area (Å²) < 4.78 is 13.2. The molecular formula is C26H33N5O3S. The van der Waals surface area contributed by atoms with Crippen LogP contribution in [0.4, 0.5) is 0 Å². The van der Waals surface area contributed by atoms with Gasteiger partial charge >= 0.3 is 0 Å². The van der Waals surface area contributed by atoms with E-state index in [1.54, 1.807) is 7.11 Å². The van der Waals surface area contributed by atoms with Gasteiger partial charge in [-0.3, -0.25) is 19.4 Å². The zero-order valence-electron chi connectivity index (χ0n) is 20.4. The third-order valence-corrected chi connectivity index (χ3v) is 6.64. The molecule has 1 aliphatic heterocycles. The monoisotopic (exact) mass is 495 g/mol. The Labute approximate surface area is 211 Å². The highest BCUT2D eigenvalue weighted by Crippen LogP contribution is 2.21. The van der Waals surface area contributed by atoms with Gasteiger partial charge in [-0.05, 0) is 67.5 Å². The number of hydrogen-bond donors (Lipinski definition) is 1. The lowest BCUT2D eigenvalue weighted by Crippen LogP contribution is -2.49. The predicted octanol–water partition coefficient (Wildman–Crippen LogP) is 3.79. The van der Waals surface area contributed by atoms with Gasteiger partial charge in [0, 0.05) is 51.3 Å². The number of methoxy groups -OCH3 is 1. The second-order valence-corrected chi connectivity index (χ2v) is 8.92. The number of carbonyl (C=O) groups is 1. The fourth-order valence-electron chi connectivity index (χ4n) is 4.28. The summed E-state index contributed by atoms with van der Waals surface area (Å²) in [6, 6.07) is 16.0. The molecule has 1 aromatic heterocycles. The van der Waals surface area contributed by atoms with E-state index >= 15 is 0 Å². The maximum absolute atomic E-state index is 12.9. The van der Waals surface area contributed by atoms with E-state index in [0.29, 0.717) is 24.3 Å². The summed E-state index contributed by atoms with van der Waals surface area (Å²) in [5.41, 5.74) is 2.23. The summed E-state index contributed by atoms with van der Waals surface area (Å²) in [5, 5.41) is 7.25. The number of rotatable bonds is 10. The first-order valence-electron chi connectivity index (χ1n) is 12.1. The average molecular weight is 496 g/mol. The van der Waals surface area contributed by atoms with Gasteiger partial charge in [0.05, 0.1) is 13.7 Å². The van der Waals surface area contributed by atoms with Crippen LogP contribution in [0.1, 0.15) is 18.9 Å². The minimum atomic E-state index is 0.153. The SMILES string of the molecule is CCOc1ccc(-c2n[nH]c(=S)n2CCC(=O)N2CCN(CCc3ccc(OC)cc3)CC2)cc1. The molecule has 0 saturated carbocycles. The maximum Gasteiger partial charge on any atom is 0.224 e. The largest absolute Gasteiger partial charge is 0.497 e. The second-order valence-electron chi connectivity index (χ2n) is 8.53. The van der Waals surface area contributed by atoms with Gasteiger partial charge in [-0.2, -0.15) is 5.10 Å². The number of nitrogens with one attached hydrogen (secondary N) is 1. The van der Waals surface area contributed by atoms with Crippen LogP contribution in [0.15, 0.2) is 48.5 Å². The van der Waals surface area contributed by atoms with Crippen LogP contribution in [-0.2, 0) is 17.8 Å². The number of H-pyrrole nitrogens is 1. The number of aromatic nitrogens is 3. The predicted molar refractivity (Wildman–Crippen MR) is 138 cm³/mol. The molecule has 1 N–H and O–H groups in total. The molecule has 186 valence electrons. The summed E-state index contributed by atoms with van der Waals surface area (Å²) in [6.07, 6.45) is 1.38. The van der Waals surface area contributed by atoms with Crippen LogP contribution in [-0.4, -0.2) is 76.9 Å². The molecule has 9 heteroatoms. The Balaban J connectivity index is 1.26. The van der Waals surface area contributed by atoms with E-state index in [9.17, 15) is 4.79 Å². The zero-order valence-corrected chi connectivity index (χ0v) is 21.2. The topological polar surface area (TPSA) is 75.6 Å². The van der Waals surface area contributed by atoms with Gasteiger partial charge in [0.2, 0.25) is 5.91 Å². The number of aromatic amines is 1. The first-order chi connectivity index (χ1) is 17.1. The van der Waals surface area contributed by atoms with Gasteiger partial charge in [-0.15, -0.1) is 0 Å². The second kappa shape index (κ2) is 12.0. The third-order valence-electron chi connectivity index (χ3n) is 6.33. The van der Waals surface area contributed by atoms with Crippen LogP contribution in [0.2, 0.25) is 0 Å². The van der Waals surface area contributed by atoms with Crippen LogP contribution in [0, 0.1) is 4.77 Å². The zero-order chi connectivity index (χ0) is 24.6. The Morgan fingerprint density at radius 3 is 2.34 bits per heavy atom. The van der Waals surface area contributed by atoms with Gasteiger partial charge in [0.1, 0.15) is 11.5 Å². The molecule has 4 rings (SSSR count). The Bertz CT molecular complexity index is 1150. The Kier molecular flexibility index (Phi) is 8.54. The molecule has 35 heavy (non-hydrogen) atoms. The molecule has 1 fully saturated rings. The van der Waals surface area contributed by atoms with Gasteiger partial charge < -0.3 is 14.4 Å². The molecular weight excluding hydrogens is 462 g/mol. The van der Waals surface area contributed by atoms with Gasteiger partial charge in [-0.1, -0.05) is 12.1 Å². The van der Waals surface area contributed by atoms with Crippen LogP contribution >= 0.6 is 12.2 Å². The van der Waals surface area contributed by atoms with Crippen molar-refractivity contribution in [2.75, 3.05) is 46.4 Å². The van der Waals surface area contributed by atoms with E-state index in [-0.39, 0.29) is 5.91 Å². The molecule has 2 heterocycles. The summed E-state index contributed by atoms with van der Waals surface area (Å²) in [4.78, 5) is 17.3. The van der Waals surface area contributed by atoms with E-state index in [0.717, 1.165) is 62.0 Å². The minimum absolute atomic E-state index is 0.153. The lowest BCUT2D eigenvalue weighted by molar-refractivity contribution is -0.133. The van der Waals surface area contributed by atoms with E-state index in [2.05, 4.69) is 27.2 Å². The van der Waals surface area contributed by atoms with Gasteiger partial charge in [-0.25, -0.2) is 0 Å². The highest BCUT2D eigenvalue weighted by molar-refractivity contribution is 7.71. The molecule has 0 aliphatic carbocycles. The number of hydrogen-bond acceptors (Lipinski definition) is 6. The molecule has 0 unspecified atom stereocenters. The minimum Gasteiger partial charge on any atom is -0.497 e. The van der Waals surface area contributed by atoms with Crippen LogP contribution < -0.4 is 9.47 Å². The van der Waals surface area contributed by atoms with Crippen molar-refractivity contribution in [3.8, 4) is 22.9 Å². The molecule has 2 aromatic carbocycles. The van der Waals surface area contributed by atoms with Crippen molar-refractivity contribution in [2.24, 2.45) is 0 Å². The highest BCUT2D eigenvalue weighted by atomic mass is 32.1. The molecule has 0 bridgehead atoms. The van der Waals surface area contributed by atoms with E-state index in [1.807, 2.05) is 52.8 Å². The number of amides is 1. The summed E-state index contributed by atoms with van der Waals surface area (Å²) >= 11 is 5.43. The molecule has 1 amide bonds.